The first-order valence-electron chi connectivity index (χ1n) is 17.7. The van der Waals surface area contributed by atoms with Gasteiger partial charge in [-0.3, -0.25) is 29.6 Å². The number of para-hydroxylation sites is 1. The van der Waals surface area contributed by atoms with Gasteiger partial charge in [-0.2, -0.15) is 0 Å². The first-order valence-corrected chi connectivity index (χ1v) is 18.5. The number of morpholine rings is 1. The van der Waals surface area contributed by atoms with Crippen LogP contribution in [0.5, 0.6) is 0 Å². The summed E-state index contributed by atoms with van der Waals surface area (Å²) in [5.74, 6) is -0.239. The molecule has 0 atom stereocenters. The normalized spacial score (nSPS) is 13.5. The molecule has 1 saturated heterocycles. The van der Waals surface area contributed by atoms with Crippen LogP contribution in [-0.4, -0.2) is 76.5 Å². The van der Waals surface area contributed by atoms with Crippen LogP contribution >= 0.6 is 11.3 Å². The van der Waals surface area contributed by atoms with Crippen LogP contribution in [0, 0.1) is 5.92 Å². The molecule has 0 aliphatic carbocycles. The molecule has 0 saturated carbocycles. The van der Waals surface area contributed by atoms with Gasteiger partial charge in [-0.15, -0.1) is 11.3 Å². The van der Waals surface area contributed by atoms with Crippen molar-refractivity contribution in [3.8, 4) is 0 Å². The molecule has 3 N–H and O–H groups in total. The number of fused-ring (bicyclic) bond motifs is 1. The standard InChI is InChI=1S/C40H45N7O4S/c1-27(2)8-15-36-34(24-37(48)41-16-17-47-18-20-51-21-19-47)44-40(52-36)45-39(50)35-23-32(26-46(35)3)43-38(49)30-13-11-28(12-14-30)9-10-29-22-31-6-4-5-7-33(31)42-25-29/h4-7,9-14,22-23,25-27H,8,15-21,24H2,1-3H3,(H,41,48)(H,43,49)(H,44,45,50)/b10-9+. The van der Waals surface area contributed by atoms with Crippen LogP contribution in [-0.2, 0) is 29.4 Å². The number of anilines is 2. The van der Waals surface area contributed by atoms with Crippen molar-refractivity contribution in [2.45, 2.75) is 33.1 Å². The molecule has 0 bridgehead atoms. The van der Waals surface area contributed by atoms with E-state index in [1.165, 1.54) is 11.3 Å². The monoisotopic (exact) mass is 719 g/mol. The number of carbonyl (C=O) groups is 3. The Morgan fingerprint density at radius 2 is 1.73 bits per heavy atom. The molecular weight excluding hydrogens is 675 g/mol. The van der Waals surface area contributed by atoms with E-state index in [0.717, 1.165) is 72.6 Å². The summed E-state index contributed by atoms with van der Waals surface area (Å²) in [6, 6.07) is 19.0. The van der Waals surface area contributed by atoms with Gasteiger partial charge in [0.25, 0.3) is 11.8 Å². The van der Waals surface area contributed by atoms with Gasteiger partial charge in [0.2, 0.25) is 5.91 Å². The molecular formula is C40H45N7O4S. The van der Waals surface area contributed by atoms with Crippen molar-refractivity contribution < 1.29 is 19.1 Å². The Labute approximate surface area is 308 Å². The third-order valence-electron chi connectivity index (χ3n) is 8.88. The lowest BCUT2D eigenvalue weighted by Gasteiger charge is -2.26. The maximum Gasteiger partial charge on any atom is 0.274 e. The second-order valence-electron chi connectivity index (χ2n) is 13.4. The Bertz CT molecular complexity index is 2040. The van der Waals surface area contributed by atoms with Crippen molar-refractivity contribution in [1.29, 1.82) is 0 Å². The lowest BCUT2D eigenvalue weighted by molar-refractivity contribution is -0.120. The molecule has 12 heteroatoms. The van der Waals surface area contributed by atoms with E-state index >= 15 is 0 Å². The summed E-state index contributed by atoms with van der Waals surface area (Å²) < 4.78 is 7.06. The summed E-state index contributed by atoms with van der Waals surface area (Å²) in [6.07, 6.45) is 9.40. The zero-order valence-electron chi connectivity index (χ0n) is 29.9. The van der Waals surface area contributed by atoms with Gasteiger partial charge in [-0.1, -0.05) is 56.3 Å². The van der Waals surface area contributed by atoms with Crippen molar-refractivity contribution in [3.63, 3.8) is 0 Å². The zero-order chi connectivity index (χ0) is 36.5. The molecule has 5 aromatic rings. The van der Waals surface area contributed by atoms with E-state index in [0.29, 0.717) is 40.2 Å². The number of pyridine rings is 1. The van der Waals surface area contributed by atoms with Crippen molar-refractivity contribution in [1.82, 2.24) is 24.8 Å². The highest BCUT2D eigenvalue weighted by Gasteiger charge is 2.20. The minimum absolute atomic E-state index is 0.0882. The summed E-state index contributed by atoms with van der Waals surface area (Å²) >= 11 is 1.41. The highest BCUT2D eigenvalue weighted by atomic mass is 32.1. The van der Waals surface area contributed by atoms with E-state index in [-0.39, 0.29) is 24.1 Å². The molecule has 0 unspecified atom stereocenters. The summed E-state index contributed by atoms with van der Waals surface area (Å²) in [6.45, 7) is 8.85. The van der Waals surface area contributed by atoms with Crippen molar-refractivity contribution in [2.75, 3.05) is 50.0 Å². The van der Waals surface area contributed by atoms with Crippen LogP contribution in [0.15, 0.2) is 73.1 Å². The molecule has 270 valence electrons. The Balaban J connectivity index is 1.04. The van der Waals surface area contributed by atoms with Crippen LogP contribution in [0.2, 0.25) is 0 Å². The van der Waals surface area contributed by atoms with Crippen LogP contribution < -0.4 is 16.0 Å². The molecule has 3 amide bonds. The smallest absolute Gasteiger partial charge is 0.274 e. The van der Waals surface area contributed by atoms with Crippen molar-refractivity contribution >= 4 is 62.9 Å². The number of ether oxygens (including phenoxy) is 1. The molecule has 1 aliphatic rings. The fraction of sp³-hybridized carbons (Fsp3) is 0.325. The first-order chi connectivity index (χ1) is 25.2. The Kier molecular flexibility index (Phi) is 12.2. The van der Waals surface area contributed by atoms with Gasteiger partial charge in [0.15, 0.2) is 5.13 Å². The quantitative estimate of drug-likeness (QED) is 0.123. The van der Waals surface area contributed by atoms with Gasteiger partial charge in [-0.25, -0.2) is 4.98 Å². The number of rotatable bonds is 14. The highest BCUT2D eigenvalue weighted by molar-refractivity contribution is 7.15. The van der Waals surface area contributed by atoms with Gasteiger partial charge >= 0.3 is 0 Å². The van der Waals surface area contributed by atoms with E-state index in [1.54, 1.807) is 36.0 Å². The molecule has 1 fully saturated rings. The van der Waals surface area contributed by atoms with Crippen LogP contribution in [0.3, 0.4) is 0 Å². The summed E-state index contributed by atoms with van der Waals surface area (Å²) in [7, 11) is 1.75. The average Bonchev–Trinajstić information content (AvgIpc) is 3.71. The average molecular weight is 720 g/mol. The van der Waals surface area contributed by atoms with Gasteiger partial charge < -0.3 is 19.9 Å². The number of hydrogen-bond donors (Lipinski definition) is 3. The number of hydrogen-bond acceptors (Lipinski definition) is 8. The number of nitrogens with zero attached hydrogens (tertiary/aromatic N) is 4. The lowest BCUT2D eigenvalue weighted by atomic mass is 10.1. The summed E-state index contributed by atoms with van der Waals surface area (Å²) in [4.78, 5) is 51.8. The minimum atomic E-state index is -0.355. The maximum atomic E-state index is 13.4. The summed E-state index contributed by atoms with van der Waals surface area (Å²) in [5.41, 5.74) is 4.94. The lowest BCUT2D eigenvalue weighted by Crippen LogP contribution is -2.41. The van der Waals surface area contributed by atoms with Crippen molar-refractivity contribution in [2.24, 2.45) is 13.0 Å². The second kappa shape index (κ2) is 17.4. The molecule has 52 heavy (non-hydrogen) atoms. The third-order valence-corrected chi connectivity index (χ3v) is 9.95. The van der Waals surface area contributed by atoms with E-state index in [9.17, 15) is 14.4 Å². The largest absolute Gasteiger partial charge is 0.379 e. The molecule has 0 radical (unpaired) electrons. The fourth-order valence-electron chi connectivity index (χ4n) is 5.92. The SMILES string of the molecule is CC(C)CCc1sc(NC(=O)c2cc(NC(=O)c3ccc(/C=C/c4cnc5ccccc5c4)cc3)cn2C)nc1CC(=O)NCCN1CCOCC1. The predicted molar refractivity (Wildman–Crippen MR) is 208 cm³/mol. The minimum Gasteiger partial charge on any atom is -0.379 e. The molecule has 1 aliphatic heterocycles. The molecule has 4 heterocycles. The van der Waals surface area contributed by atoms with Gasteiger partial charge in [0.1, 0.15) is 5.69 Å². The zero-order valence-corrected chi connectivity index (χ0v) is 30.7. The van der Waals surface area contributed by atoms with E-state index in [1.807, 2.05) is 54.7 Å². The number of aromatic nitrogens is 3. The molecule has 6 rings (SSSR count). The topological polar surface area (TPSA) is 130 Å². The Hall–Kier alpha value is -5.17. The first kappa shape index (κ1) is 36.6. The van der Waals surface area contributed by atoms with Crippen LogP contribution in [0.1, 0.15) is 62.8 Å². The van der Waals surface area contributed by atoms with E-state index in [2.05, 4.69) is 50.7 Å². The number of aryl methyl sites for hydroxylation is 2. The number of carbonyl (C=O) groups excluding carboxylic acids is 3. The molecule has 3 aromatic heterocycles. The number of thiazole rings is 1. The molecule has 11 nitrogen and oxygen atoms in total. The van der Waals surface area contributed by atoms with Crippen LogP contribution in [0.25, 0.3) is 23.1 Å². The Morgan fingerprint density at radius 1 is 0.962 bits per heavy atom. The number of amides is 3. The second-order valence-corrected chi connectivity index (χ2v) is 14.4. The van der Waals surface area contributed by atoms with Crippen LogP contribution in [0.4, 0.5) is 10.8 Å². The van der Waals surface area contributed by atoms with E-state index in [4.69, 9.17) is 4.74 Å². The molecule has 2 aromatic carbocycles. The van der Waals surface area contributed by atoms with Gasteiger partial charge in [-0.05, 0) is 60.2 Å². The van der Waals surface area contributed by atoms with E-state index < -0.39 is 0 Å². The summed E-state index contributed by atoms with van der Waals surface area (Å²) in [5, 5.41) is 10.4. The highest BCUT2D eigenvalue weighted by Crippen LogP contribution is 2.27. The van der Waals surface area contributed by atoms with Gasteiger partial charge in [0.05, 0.1) is 36.5 Å². The maximum absolute atomic E-state index is 13.4. The fourth-order valence-corrected chi connectivity index (χ4v) is 6.91. The molecule has 0 spiro atoms. The third kappa shape index (κ3) is 9.99. The predicted octanol–water partition coefficient (Wildman–Crippen LogP) is 6.28. The Morgan fingerprint density at radius 3 is 2.52 bits per heavy atom. The number of nitrogens with one attached hydrogen (secondary N) is 3. The van der Waals surface area contributed by atoms with Gasteiger partial charge in [0, 0.05) is 61.4 Å². The number of benzene rings is 2. The van der Waals surface area contributed by atoms with Crippen molar-refractivity contribution in [3.05, 3.63) is 106 Å².